The van der Waals surface area contributed by atoms with Crippen LogP contribution in [0.2, 0.25) is 0 Å². The number of carbonyl (C=O) groups excluding carboxylic acids is 1. The number of nitro benzene ring substituents is 1. The van der Waals surface area contributed by atoms with Crippen LogP contribution in [0, 0.1) is 21.4 Å². The second-order valence-corrected chi connectivity index (χ2v) is 3.34. The van der Waals surface area contributed by atoms with Crippen molar-refractivity contribution in [2.45, 2.75) is 13.5 Å². The number of esters is 1. The van der Waals surface area contributed by atoms with Gasteiger partial charge < -0.3 is 9.47 Å². The van der Waals surface area contributed by atoms with Gasteiger partial charge in [0.2, 0.25) is 0 Å². The van der Waals surface area contributed by atoms with E-state index < -0.39 is 34.5 Å². The van der Waals surface area contributed by atoms with Crippen molar-refractivity contribution in [1.29, 1.82) is 5.26 Å². The molecule has 0 amide bonds. The molecule has 0 radical (unpaired) electrons. The first-order valence-corrected chi connectivity index (χ1v) is 5.25. The minimum absolute atomic E-state index is 0.00231. The third-order valence-corrected chi connectivity index (χ3v) is 2.12. The van der Waals surface area contributed by atoms with Crippen LogP contribution in [0.5, 0.6) is 5.75 Å². The van der Waals surface area contributed by atoms with Gasteiger partial charge in [-0.15, -0.1) is 0 Å². The first-order valence-electron chi connectivity index (χ1n) is 5.25. The van der Waals surface area contributed by atoms with Crippen LogP contribution in [-0.2, 0) is 4.74 Å². The fourth-order valence-electron chi connectivity index (χ4n) is 1.38. The van der Waals surface area contributed by atoms with Crippen LogP contribution in [0.4, 0.5) is 14.5 Å². The molecule has 0 heterocycles. The summed E-state index contributed by atoms with van der Waals surface area (Å²) in [5.74, 6) is -1.70. The summed E-state index contributed by atoms with van der Waals surface area (Å²) in [7, 11) is 0. The first-order chi connectivity index (χ1) is 9.40. The fraction of sp³-hybridized carbons (Fsp3) is 0.273. The normalized spacial score (nSPS) is 9.95. The minimum Gasteiger partial charge on any atom is -0.462 e. The van der Waals surface area contributed by atoms with Gasteiger partial charge in [0, 0.05) is 6.07 Å². The third-order valence-electron chi connectivity index (χ3n) is 2.12. The average molecular weight is 286 g/mol. The van der Waals surface area contributed by atoms with E-state index >= 15 is 0 Å². The lowest BCUT2D eigenvalue weighted by molar-refractivity contribution is -0.385. The Morgan fingerprint density at radius 2 is 2.20 bits per heavy atom. The van der Waals surface area contributed by atoms with Gasteiger partial charge in [-0.2, -0.15) is 14.0 Å². The molecular formula is C11H8F2N2O5. The number of hydrogen-bond donors (Lipinski definition) is 0. The molecule has 0 aromatic heterocycles. The summed E-state index contributed by atoms with van der Waals surface area (Å²) in [5.41, 5.74) is -1.86. The Labute approximate surface area is 111 Å². The molecule has 20 heavy (non-hydrogen) atoms. The minimum atomic E-state index is -3.29. The molecule has 0 spiro atoms. The number of carbonyl (C=O) groups is 1. The highest BCUT2D eigenvalue weighted by molar-refractivity contribution is 5.91. The Morgan fingerprint density at radius 1 is 1.55 bits per heavy atom. The topological polar surface area (TPSA) is 102 Å². The van der Waals surface area contributed by atoms with Crippen molar-refractivity contribution in [3.63, 3.8) is 0 Å². The number of alkyl halides is 2. The molecule has 0 atom stereocenters. The van der Waals surface area contributed by atoms with E-state index in [0.717, 1.165) is 12.1 Å². The van der Waals surface area contributed by atoms with Crippen LogP contribution in [0.15, 0.2) is 12.1 Å². The molecule has 0 aliphatic carbocycles. The summed E-state index contributed by atoms with van der Waals surface area (Å²) >= 11 is 0. The number of ether oxygens (including phenoxy) is 2. The van der Waals surface area contributed by atoms with Gasteiger partial charge in [-0.25, -0.2) is 4.79 Å². The van der Waals surface area contributed by atoms with E-state index in [1.54, 1.807) is 0 Å². The molecule has 0 N–H and O–H groups in total. The predicted molar refractivity (Wildman–Crippen MR) is 60.4 cm³/mol. The van der Waals surface area contributed by atoms with E-state index in [1.165, 1.54) is 13.0 Å². The van der Waals surface area contributed by atoms with Crippen molar-refractivity contribution >= 4 is 11.7 Å². The van der Waals surface area contributed by atoms with Crippen LogP contribution in [0.1, 0.15) is 22.8 Å². The smallest absolute Gasteiger partial charge is 0.387 e. The standard InChI is InChI=1S/C11H8F2N2O5/c1-2-19-10(16)6-3-8(15(17)18)7(5-14)9(4-6)20-11(12)13/h3-4,11H,2H2,1H3. The summed E-state index contributed by atoms with van der Waals surface area (Å²) in [6, 6.07) is 2.97. The molecule has 0 fully saturated rings. The lowest BCUT2D eigenvalue weighted by atomic mass is 10.1. The molecule has 0 saturated carbocycles. The molecule has 0 aliphatic heterocycles. The Bertz CT molecular complexity index is 583. The van der Waals surface area contributed by atoms with Gasteiger partial charge >= 0.3 is 12.6 Å². The molecule has 0 unspecified atom stereocenters. The summed E-state index contributed by atoms with van der Waals surface area (Å²) in [6.45, 7) is -1.79. The van der Waals surface area contributed by atoms with Crippen molar-refractivity contribution in [1.82, 2.24) is 0 Å². The summed E-state index contributed by atoms with van der Waals surface area (Å²) in [5, 5.41) is 19.6. The van der Waals surface area contributed by atoms with E-state index in [2.05, 4.69) is 9.47 Å². The summed E-state index contributed by atoms with van der Waals surface area (Å²) in [6.07, 6.45) is 0. The van der Waals surface area contributed by atoms with Crippen molar-refractivity contribution < 1.29 is 28.0 Å². The molecule has 0 bridgehead atoms. The maximum atomic E-state index is 12.2. The molecule has 106 valence electrons. The number of benzene rings is 1. The van der Waals surface area contributed by atoms with E-state index in [4.69, 9.17) is 5.26 Å². The molecule has 9 heteroatoms. The van der Waals surface area contributed by atoms with Crippen molar-refractivity contribution in [3.05, 3.63) is 33.4 Å². The monoisotopic (exact) mass is 286 g/mol. The van der Waals surface area contributed by atoms with Crippen LogP contribution in [-0.4, -0.2) is 24.1 Å². The van der Waals surface area contributed by atoms with E-state index in [1.807, 2.05) is 0 Å². The molecular weight excluding hydrogens is 278 g/mol. The van der Waals surface area contributed by atoms with Crippen LogP contribution in [0.3, 0.4) is 0 Å². The molecule has 0 aliphatic rings. The van der Waals surface area contributed by atoms with Crippen molar-refractivity contribution in [2.24, 2.45) is 0 Å². The molecule has 7 nitrogen and oxygen atoms in total. The summed E-state index contributed by atoms with van der Waals surface area (Å²) < 4.78 is 33.1. The van der Waals surface area contributed by atoms with Gasteiger partial charge in [0.25, 0.3) is 5.69 Å². The van der Waals surface area contributed by atoms with Crippen molar-refractivity contribution in [2.75, 3.05) is 6.61 Å². The predicted octanol–water partition coefficient (Wildman–Crippen LogP) is 2.24. The number of nitro groups is 1. The molecule has 1 aromatic carbocycles. The first kappa shape index (κ1) is 15.3. The summed E-state index contributed by atoms with van der Waals surface area (Å²) in [4.78, 5) is 21.3. The zero-order valence-corrected chi connectivity index (χ0v) is 10.1. The SMILES string of the molecule is CCOC(=O)c1cc(OC(F)F)c(C#N)c([N+](=O)[O-])c1. The molecule has 0 saturated heterocycles. The van der Waals surface area contributed by atoms with E-state index in [9.17, 15) is 23.7 Å². The van der Waals surface area contributed by atoms with E-state index in [0.29, 0.717) is 0 Å². The Balaban J connectivity index is 3.44. The highest BCUT2D eigenvalue weighted by Gasteiger charge is 2.25. The number of rotatable bonds is 5. The van der Waals surface area contributed by atoms with Gasteiger partial charge in [0.15, 0.2) is 11.3 Å². The van der Waals surface area contributed by atoms with Gasteiger partial charge in [0.1, 0.15) is 6.07 Å². The highest BCUT2D eigenvalue weighted by Crippen LogP contribution is 2.31. The van der Waals surface area contributed by atoms with Crippen LogP contribution < -0.4 is 4.74 Å². The van der Waals surface area contributed by atoms with Gasteiger partial charge in [-0.3, -0.25) is 10.1 Å². The van der Waals surface area contributed by atoms with Gasteiger partial charge in [-0.1, -0.05) is 0 Å². The molecule has 1 rings (SSSR count). The number of halogens is 2. The maximum absolute atomic E-state index is 12.2. The largest absolute Gasteiger partial charge is 0.462 e. The van der Waals surface area contributed by atoms with Crippen molar-refractivity contribution in [3.8, 4) is 11.8 Å². The fourth-order valence-corrected chi connectivity index (χ4v) is 1.38. The highest BCUT2D eigenvalue weighted by atomic mass is 19.3. The lowest BCUT2D eigenvalue weighted by Gasteiger charge is -2.09. The second-order valence-electron chi connectivity index (χ2n) is 3.34. The van der Waals surface area contributed by atoms with Gasteiger partial charge in [0.05, 0.1) is 17.1 Å². The lowest BCUT2D eigenvalue weighted by Crippen LogP contribution is -2.10. The zero-order valence-electron chi connectivity index (χ0n) is 10.1. The van der Waals surface area contributed by atoms with Crippen LogP contribution in [0.25, 0.3) is 0 Å². The Kier molecular flexibility index (Phi) is 4.91. The van der Waals surface area contributed by atoms with Gasteiger partial charge in [-0.05, 0) is 13.0 Å². The van der Waals surface area contributed by atoms with Crippen LogP contribution >= 0.6 is 0 Å². The quantitative estimate of drug-likeness (QED) is 0.467. The zero-order chi connectivity index (χ0) is 15.3. The Hall–Kier alpha value is -2.76. The Morgan fingerprint density at radius 3 is 2.65 bits per heavy atom. The average Bonchev–Trinajstić information content (AvgIpc) is 2.37. The molecule has 1 aromatic rings. The third kappa shape index (κ3) is 3.38. The number of nitrogens with zero attached hydrogens (tertiary/aromatic N) is 2. The number of nitriles is 1. The van der Waals surface area contributed by atoms with E-state index in [-0.39, 0.29) is 12.2 Å². The maximum Gasteiger partial charge on any atom is 0.387 e. The second kappa shape index (κ2) is 6.42. The number of hydrogen-bond acceptors (Lipinski definition) is 6.